The number of hydrogen-bond acceptors (Lipinski definition) is 1. The van der Waals surface area contributed by atoms with Gasteiger partial charge in [-0.1, -0.05) is 0 Å². The maximum atomic E-state index is 3.87. The van der Waals surface area contributed by atoms with Crippen molar-refractivity contribution in [1.82, 2.24) is 0 Å². The van der Waals surface area contributed by atoms with Gasteiger partial charge < -0.3 is 0 Å². The monoisotopic (exact) mass is 237 g/mol. The molecule has 0 aliphatic heterocycles. The van der Waals surface area contributed by atoms with Gasteiger partial charge in [-0.05, 0) is 0 Å². The Balaban J connectivity index is 3.82. The van der Waals surface area contributed by atoms with Crippen molar-refractivity contribution in [1.29, 1.82) is 0 Å². The number of nitrogens with zero attached hydrogens (tertiary/aromatic N) is 1. The molecule has 0 N–H and O–H groups in total. The van der Waals surface area contributed by atoms with Crippen LogP contribution >= 0.6 is 41.8 Å². The molecule has 0 saturated carbocycles. The maximum absolute atomic E-state index is 3.87. The molecule has 5 heteroatoms. The van der Waals surface area contributed by atoms with E-state index in [1.165, 1.54) is 0 Å². The van der Waals surface area contributed by atoms with E-state index in [9.17, 15) is 0 Å². The zero-order chi connectivity index (χ0) is 4.28. The Morgan fingerprint density at radius 1 is 2.00 bits per heavy atom. The molecule has 0 unspecified atom stereocenters. The zero-order valence-electron chi connectivity index (χ0n) is 2.13. The van der Waals surface area contributed by atoms with E-state index in [0.717, 1.165) is 0 Å². The van der Waals surface area contributed by atoms with Gasteiger partial charge >= 0.3 is 52.4 Å². The van der Waals surface area contributed by atoms with Crippen LogP contribution in [0.2, 0.25) is 0 Å². The van der Waals surface area contributed by atoms with Gasteiger partial charge in [0.05, 0.1) is 0 Å². The quantitative estimate of drug-likeness (QED) is 0.377. The summed E-state index contributed by atoms with van der Waals surface area (Å²) in [5.41, 5.74) is 0. The van der Waals surface area contributed by atoms with Crippen molar-refractivity contribution in [3.05, 3.63) is 0 Å². The summed E-state index contributed by atoms with van der Waals surface area (Å²) in [6.07, 6.45) is 0. The molecule has 0 radical (unpaired) electrons. The van der Waals surface area contributed by atoms with Crippen molar-refractivity contribution in [3.8, 4) is 0 Å². The van der Waals surface area contributed by atoms with Crippen molar-refractivity contribution in [2.24, 2.45) is 3.77 Å². The normalized spacial score (nSPS) is 11.8. The summed E-state index contributed by atoms with van der Waals surface area (Å²) in [5.74, 6) is 0. The van der Waals surface area contributed by atoms with Crippen molar-refractivity contribution in [2.75, 3.05) is 0 Å². The molecule has 0 aromatic heterocycles. The van der Waals surface area contributed by atoms with Crippen molar-refractivity contribution in [3.63, 3.8) is 0 Å². The average molecular weight is 237 g/mol. The average Bonchev–Trinajstić information content (AvgIpc) is 1.38. The van der Waals surface area contributed by atoms with Gasteiger partial charge in [-0.3, -0.25) is 0 Å². The van der Waals surface area contributed by atoms with E-state index in [4.69, 9.17) is 0 Å². The number of hydrogen-bond donors (Lipinski definition) is 1. The Hall–Kier alpha value is 1.53. The molecule has 0 aliphatic carbocycles. The van der Waals surface area contributed by atoms with Crippen LogP contribution < -0.4 is 0 Å². The molecular weight excluding hydrogens is 236 g/mol. The Bertz CT molecular complexity index is 120. The van der Waals surface area contributed by atoms with Gasteiger partial charge in [0.2, 0.25) is 0 Å². The molecule has 1 nitrogen and oxygen atoms in total. The molecule has 0 fully saturated rings. The van der Waals surface area contributed by atoms with E-state index >= 15 is 0 Å². The molecule has 0 aromatic carbocycles. The third-order valence-electron chi connectivity index (χ3n) is 0.0674. The van der Waals surface area contributed by atoms with E-state index in [0.29, 0.717) is 0 Å². The Morgan fingerprint density at radius 2 is 2.20 bits per heavy atom. The molecule has 0 aliphatic rings. The van der Waals surface area contributed by atoms with Gasteiger partial charge in [0, 0.05) is 0 Å². The van der Waals surface area contributed by atoms with Crippen LogP contribution in [0.4, 0.5) is 0 Å². The van der Waals surface area contributed by atoms with Crippen molar-refractivity contribution >= 4 is 48.7 Å². The van der Waals surface area contributed by atoms with Gasteiger partial charge in [-0.25, -0.2) is 0 Å². The third kappa shape index (κ3) is 5.53. The van der Waals surface area contributed by atoms with Gasteiger partial charge in [0.15, 0.2) is 0 Å². The molecule has 0 atom stereocenters. The SMILES string of the molecule is P#S(I)=NS. The molecule has 0 spiro atoms. The fourth-order valence-electron chi connectivity index (χ4n) is 0. The summed E-state index contributed by atoms with van der Waals surface area (Å²) in [6.45, 7) is -0.169. The van der Waals surface area contributed by atoms with Gasteiger partial charge in [0.25, 0.3) is 0 Å². The molecule has 30 valence electrons. The van der Waals surface area contributed by atoms with Crippen LogP contribution in [0.5, 0.6) is 0 Å². The van der Waals surface area contributed by atoms with Crippen LogP contribution in [-0.2, 0) is 6.84 Å². The zero-order valence-corrected chi connectivity index (χ0v) is 6.89. The number of halogens is 1. The van der Waals surface area contributed by atoms with Gasteiger partial charge in [-0.2, -0.15) is 0 Å². The van der Waals surface area contributed by atoms with Crippen LogP contribution in [0.3, 0.4) is 0 Å². The van der Waals surface area contributed by atoms with Crippen molar-refractivity contribution in [2.45, 2.75) is 0 Å². The van der Waals surface area contributed by atoms with E-state index in [-0.39, 0.29) is 6.84 Å². The summed E-state index contributed by atoms with van der Waals surface area (Å²) >= 11 is 5.62. The first-order valence-electron chi connectivity index (χ1n) is 0.719. The van der Waals surface area contributed by atoms with Crippen LogP contribution in [-0.4, -0.2) is 0 Å². The Kier molecular flexibility index (Phi) is 4.85. The molecule has 0 saturated heterocycles. The summed E-state index contributed by atoms with van der Waals surface area (Å²) in [5, 5.41) is 0. The second-order valence-corrected chi connectivity index (χ2v) is 7.02. The summed E-state index contributed by atoms with van der Waals surface area (Å²) in [7, 11) is 3.87. The molecule has 0 amide bonds. The molecule has 0 rings (SSSR count). The first-order chi connectivity index (χ1) is 2.27. The van der Waals surface area contributed by atoms with Crippen molar-refractivity contribution < 1.29 is 0 Å². The standard InChI is InChI=1S/HINPS2/c1-5(3)2-4/h4H. The fraction of sp³-hybridized carbons (Fsp3) is 0. The Labute approximate surface area is 52.2 Å². The van der Waals surface area contributed by atoms with E-state index < -0.39 is 0 Å². The van der Waals surface area contributed by atoms with E-state index in [1.807, 2.05) is 0 Å². The second kappa shape index (κ2) is 3.71. The fourth-order valence-corrected chi connectivity index (χ4v) is 0. The van der Waals surface area contributed by atoms with Crippen LogP contribution in [0, 0.1) is 0 Å². The number of thiol groups is 1. The molecule has 0 bridgehead atoms. The predicted molar refractivity (Wildman–Crippen MR) is 39.7 cm³/mol. The van der Waals surface area contributed by atoms with Crippen LogP contribution in [0.15, 0.2) is 3.77 Å². The first kappa shape index (κ1) is 6.53. The second-order valence-electron chi connectivity index (χ2n) is 0.301. The minimum absolute atomic E-state index is 0.169. The molecule has 0 heterocycles. The van der Waals surface area contributed by atoms with Gasteiger partial charge in [-0.15, -0.1) is 0 Å². The predicted octanol–water partition coefficient (Wildman–Crippen LogP) is 2.31. The minimum atomic E-state index is -0.169. The van der Waals surface area contributed by atoms with Crippen LogP contribution in [0.25, 0.3) is 0 Å². The topological polar surface area (TPSA) is 12.4 Å². The first-order valence-corrected chi connectivity index (χ1v) is 5.90. The van der Waals surface area contributed by atoms with E-state index in [1.54, 1.807) is 0 Å². The van der Waals surface area contributed by atoms with Gasteiger partial charge in [0.1, 0.15) is 0 Å². The molecular formula is HINPS2. The van der Waals surface area contributed by atoms with Crippen LogP contribution in [0.1, 0.15) is 0 Å². The summed E-state index contributed by atoms with van der Waals surface area (Å²) < 4.78 is 3.46. The molecule has 0 aromatic rings. The molecule has 5 heavy (non-hydrogen) atoms. The summed E-state index contributed by atoms with van der Waals surface area (Å²) in [6, 6.07) is 0. The third-order valence-corrected chi connectivity index (χ3v) is 2.85. The number of rotatable bonds is 0. The summed E-state index contributed by atoms with van der Waals surface area (Å²) in [4.78, 5) is 0. The van der Waals surface area contributed by atoms with E-state index in [2.05, 4.69) is 45.6 Å². The Morgan fingerprint density at radius 3 is 2.20 bits per heavy atom.